The summed E-state index contributed by atoms with van der Waals surface area (Å²) in [7, 11) is 0. The van der Waals surface area contributed by atoms with Gasteiger partial charge in [-0.25, -0.2) is 0 Å². The molecule has 1 saturated heterocycles. The number of primary amides is 1. The zero-order valence-corrected chi connectivity index (χ0v) is 16.3. The van der Waals surface area contributed by atoms with Crippen LogP contribution >= 0.6 is 27.7 Å². The molecule has 0 saturated carbocycles. The Morgan fingerprint density at radius 1 is 1.40 bits per heavy atom. The van der Waals surface area contributed by atoms with Gasteiger partial charge in [0.25, 0.3) is 0 Å². The minimum atomic E-state index is -0.325. The second-order valence-corrected chi connectivity index (χ2v) is 7.79. The molecule has 2 heterocycles. The number of thioether (sulfide) groups is 1. The third-order valence-electron chi connectivity index (χ3n) is 4.11. The Bertz CT molecular complexity index is 731. The Hall–Kier alpha value is -1.38. The van der Waals surface area contributed by atoms with Crippen molar-refractivity contribution in [1.29, 1.82) is 0 Å². The number of nitrogens with two attached hydrogens (primary N) is 1. The van der Waals surface area contributed by atoms with Crippen LogP contribution < -0.4 is 5.73 Å². The van der Waals surface area contributed by atoms with E-state index in [1.165, 1.54) is 5.56 Å². The minimum absolute atomic E-state index is 0.186. The zero-order valence-electron chi connectivity index (χ0n) is 13.9. The molecule has 1 aromatic carbocycles. The molecule has 134 valence electrons. The van der Waals surface area contributed by atoms with E-state index in [0.29, 0.717) is 6.42 Å². The molecule has 2 N–H and O–H groups in total. The summed E-state index contributed by atoms with van der Waals surface area (Å²) < 4.78 is 8.93. The van der Waals surface area contributed by atoms with E-state index in [1.807, 2.05) is 18.2 Å². The fourth-order valence-electron chi connectivity index (χ4n) is 2.78. The van der Waals surface area contributed by atoms with Crippen LogP contribution in [0.25, 0.3) is 0 Å². The van der Waals surface area contributed by atoms with E-state index in [-0.39, 0.29) is 18.4 Å². The first-order valence-electron chi connectivity index (χ1n) is 8.31. The van der Waals surface area contributed by atoms with Gasteiger partial charge in [0.1, 0.15) is 5.82 Å². The molecule has 6 nitrogen and oxygen atoms in total. The van der Waals surface area contributed by atoms with Gasteiger partial charge >= 0.3 is 0 Å². The first kappa shape index (κ1) is 18.4. The van der Waals surface area contributed by atoms with E-state index >= 15 is 0 Å². The molecule has 1 fully saturated rings. The number of aryl methyl sites for hydroxylation is 1. The third kappa shape index (κ3) is 5.05. The van der Waals surface area contributed by atoms with Crippen LogP contribution in [-0.2, 0) is 28.2 Å². The first-order chi connectivity index (χ1) is 12.1. The van der Waals surface area contributed by atoms with Crippen LogP contribution in [0.2, 0.25) is 0 Å². The molecule has 8 heteroatoms. The fraction of sp³-hybridized carbons (Fsp3) is 0.471. The van der Waals surface area contributed by atoms with Crippen LogP contribution in [0.4, 0.5) is 0 Å². The minimum Gasteiger partial charge on any atom is -0.376 e. The highest BCUT2D eigenvalue weighted by molar-refractivity contribution is 9.10. The number of amides is 1. The highest BCUT2D eigenvalue weighted by atomic mass is 79.9. The van der Waals surface area contributed by atoms with Crippen molar-refractivity contribution in [3.05, 3.63) is 40.1 Å². The number of carbonyl (C=O) groups is 1. The SMILES string of the molecule is NC(=O)CCc1nnc(SCc2ccccc2Br)n1C[C@@H]1CCCO1. The Kier molecular flexibility index (Phi) is 6.50. The maximum Gasteiger partial charge on any atom is 0.217 e. The maximum atomic E-state index is 11.1. The molecular weight excluding hydrogens is 404 g/mol. The molecule has 1 atom stereocenters. The number of rotatable bonds is 8. The van der Waals surface area contributed by atoms with Crippen molar-refractivity contribution in [3.63, 3.8) is 0 Å². The van der Waals surface area contributed by atoms with Gasteiger partial charge in [-0.3, -0.25) is 4.79 Å². The Morgan fingerprint density at radius 2 is 2.24 bits per heavy atom. The Balaban J connectivity index is 1.74. The standard InChI is InChI=1S/C17H21BrN4O2S/c18-14-6-2-1-4-12(14)11-25-17-21-20-16(8-7-15(19)23)22(17)10-13-5-3-9-24-13/h1-2,4,6,13H,3,5,7-11H2,(H2,19,23)/t13-/m0/s1. The molecule has 1 aliphatic heterocycles. The topological polar surface area (TPSA) is 83.0 Å². The number of ether oxygens (including phenoxy) is 1. The van der Waals surface area contributed by atoms with E-state index in [0.717, 1.165) is 47.2 Å². The van der Waals surface area contributed by atoms with E-state index in [4.69, 9.17) is 10.5 Å². The molecule has 0 aliphatic carbocycles. The molecule has 0 spiro atoms. The normalized spacial score (nSPS) is 17.1. The maximum absolute atomic E-state index is 11.1. The quantitative estimate of drug-likeness (QED) is 0.658. The predicted molar refractivity (Wildman–Crippen MR) is 100 cm³/mol. The summed E-state index contributed by atoms with van der Waals surface area (Å²) in [5, 5.41) is 9.47. The summed E-state index contributed by atoms with van der Waals surface area (Å²) in [5.74, 6) is 1.26. The molecule has 25 heavy (non-hydrogen) atoms. The number of halogens is 1. The van der Waals surface area contributed by atoms with Gasteiger partial charge in [0.2, 0.25) is 5.91 Å². The van der Waals surface area contributed by atoms with Crippen molar-refractivity contribution in [2.75, 3.05) is 6.61 Å². The van der Waals surface area contributed by atoms with Crippen molar-refractivity contribution in [2.24, 2.45) is 5.73 Å². The van der Waals surface area contributed by atoms with Crippen LogP contribution in [-0.4, -0.2) is 33.4 Å². The average Bonchev–Trinajstić information content (AvgIpc) is 3.23. The first-order valence-corrected chi connectivity index (χ1v) is 10.1. The molecule has 0 radical (unpaired) electrons. The lowest BCUT2D eigenvalue weighted by Gasteiger charge is -2.14. The van der Waals surface area contributed by atoms with E-state index in [2.05, 4.69) is 36.8 Å². The average molecular weight is 425 g/mol. The lowest BCUT2D eigenvalue weighted by molar-refractivity contribution is -0.118. The van der Waals surface area contributed by atoms with Crippen LogP contribution in [0, 0.1) is 0 Å². The van der Waals surface area contributed by atoms with Crippen LogP contribution in [0.3, 0.4) is 0 Å². The van der Waals surface area contributed by atoms with Gasteiger partial charge in [0, 0.05) is 29.7 Å². The van der Waals surface area contributed by atoms with E-state index in [9.17, 15) is 4.79 Å². The fourth-order valence-corrected chi connectivity index (χ4v) is 4.36. The smallest absolute Gasteiger partial charge is 0.217 e. The molecule has 0 bridgehead atoms. The number of carbonyl (C=O) groups excluding carboxylic acids is 1. The molecule has 1 aromatic heterocycles. The van der Waals surface area contributed by atoms with Crippen LogP contribution in [0.1, 0.15) is 30.7 Å². The monoisotopic (exact) mass is 424 g/mol. The van der Waals surface area contributed by atoms with Gasteiger partial charge in [-0.05, 0) is 24.5 Å². The second-order valence-electron chi connectivity index (χ2n) is 5.99. The molecule has 1 amide bonds. The lowest BCUT2D eigenvalue weighted by Crippen LogP contribution is -2.19. The van der Waals surface area contributed by atoms with E-state index in [1.54, 1.807) is 11.8 Å². The molecular formula is C17H21BrN4O2S. The van der Waals surface area contributed by atoms with Gasteiger partial charge in [-0.2, -0.15) is 0 Å². The Labute approximate surface area is 159 Å². The summed E-state index contributed by atoms with van der Waals surface area (Å²) in [5.41, 5.74) is 6.49. The summed E-state index contributed by atoms with van der Waals surface area (Å²) in [6.45, 7) is 1.53. The van der Waals surface area contributed by atoms with Gasteiger partial charge in [-0.15, -0.1) is 10.2 Å². The number of nitrogens with zero attached hydrogens (tertiary/aromatic N) is 3. The largest absolute Gasteiger partial charge is 0.376 e. The van der Waals surface area contributed by atoms with Crippen LogP contribution in [0.5, 0.6) is 0 Å². The van der Waals surface area contributed by atoms with Gasteiger partial charge in [-0.1, -0.05) is 45.9 Å². The molecule has 0 unspecified atom stereocenters. The van der Waals surface area contributed by atoms with Gasteiger partial charge in [0.15, 0.2) is 5.16 Å². The third-order valence-corrected chi connectivity index (χ3v) is 5.90. The summed E-state index contributed by atoms with van der Waals surface area (Å²) >= 11 is 5.22. The summed E-state index contributed by atoms with van der Waals surface area (Å²) in [6, 6.07) is 8.15. The van der Waals surface area contributed by atoms with Crippen molar-refractivity contribution in [2.45, 2.75) is 49.2 Å². The van der Waals surface area contributed by atoms with Crippen molar-refractivity contribution < 1.29 is 9.53 Å². The van der Waals surface area contributed by atoms with Crippen LogP contribution in [0.15, 0.2) is 33.9 Å². The number of hydrogen-bond acceptors (Lipinski definition) is 5. The predicted octanol–water partition coefficient (Wildman–Crippen LogP) is 2.93. The van der Waals surface area contributed by atoms with E-state index < -0.39 is 0 Å². The number of hydrogen-bond donors (Lipinski definition) is 1. The second kappa shape index (κ2) is 8.82. The van der Waals surface area contributed by atoms with Crippen molar-refractivity contribution in [3.8, 4) is 0 Å². The van der Waals surface area contributed by atoms with Crippen molar-refractivity contribution in [1.82, 2.24) is 14.8 Å². The number of aromatic nitrogens is 3. The summed E-state index contributed by atoms with van der Waals surface area (Å²) in [6.07, 6.45) is 3.10. The zero-order chi connectivity index (χ0) is 17.6. The molecule has 1 aliphatic rings. The molecule has 3 rings (SSSR count). The Morgan fingerprint density at radius 3 is 2.96 bits per heavy atom. The lowest BCUT2D eigenvalue weighted by atomic mass is 10.2. The van der Waals surface area contributed by atoms with Gasteiger partial charge < -0.3 is 15.0 Å². The highest BCUT2D eigenvalue weighted by Gasteiger charge is 2.21. The summed E-state index contributed by atoms with van der Waals surface area (Å²) in [4.78, 5) is 11.1. The van der Waals surface area contributed by atoms with Gasteiger partial charge in [0.05, 0.1) is 12.6 Å². The number of benzene rings is 1. The highest BCUT2D eigenvalue weighted by Crippen LogP contribution is 2.27. The molecule has 2 aromatic rings. The van der Waals surface area contributed by atoms with Crippen molar-refractivity contribution >= 4 is 33.6 Å².